The second kappa shape index (κ2) is 6.61. The van der Waals surface area contributed by atoms with Crippen LogP contribution < -0.4 is 10.5 Å². The van der Waals surface area contributed by atoms with Gasteiger partial charge in [-0.15, -0.1) is 0 Å². The number of benzene rings is 1. The SMILES string of the molecule is COc1ccc(N)c(C(=O)N2CCCC2CCCO)c1. The molecular weight excluding hydrogens is 256 g/mol. The summed E-state index contributed by atoms with van der Waals surface area (Å²) in [5.41, 5.74) is 6.89. The standard InChI is InChI=1S/C15H22N2O3/c1-20-12-6-7-14(16)13(10-12)15(19)17-8-2-4-11(17)5-3-9-18/h6-7,10-11,18H,2-5,8-9,16H2,1H3. The van der Waals surface area contributed by atoms with E-state index in [0.717, 1.165) is 32.2 Å². The lowest BCUT2D eigenvalue weighted by molar-refractivity contribution is 0.0725. The van der Waals surface area contributed by atoms with Gasteiger partial charge in [0.1, 0.15) is 5.75 Å². The number of nitrogen functional groups attached to an aromatic ring is 1. The van der Waals surface area contributed by atoms with Gasteiger partial charge in [-0.3, -0.25) is 4.79 Å². The summed E-state index contributed by atoms with van der Waals surface area (Å²) in [6.45, 7) is 0.922. The molecule has 0 bridgehead atoms. The first-order chi connectivity index (χ1) is 9.67. The summed E-state index contributed by atoms with van der Waals surface area (Å²) < 4.78 is 5.16. The van der Waals surface area contributed by atoms with E-state index in [1.165, 1.54) is 0 Å². The number of anilines is 1. The Labute approximate surface area is 119 Å². The molecule has 1 aromatic carbocycles. The van der Waals surface area contributed by atoms with Crippen molar-refractivity contribution in [3.8, 4) is 5.75 Å². The molecule has 1 amide bonds. The molecule has 1 unspecified atom stereocenters. The van der Waals surface area contributed by atoms with Crippen LogP contribution in [-0.4, -0.2) is 42.2 Å². The van der Waals surface area contributed by atoms with Crippen molar-refractivity contribution >= 4 is 11.6 Å². The third-order valence-corrected chi connectivity index (χ3v) is 3.82. The zero-order chi connectivity index (χ0) is 14.5. The van der Waals surface area contributed by atoms with Crippen LogP contribution in [0.1, 0.15) is 36.0 Å². The van der Waals surface area contributed by atoms with Crippen molar-refractivity contribution in [2.24, 2.45) is 0 Å². The number of hydrogen-bond donors (Lipinski definition) is 2. The number of nitrogens with zero attached hydrogens (tertiary/aromatic N) is 1. The molecule has 0 aromatic heterocycles. The number of aliphatic hydroxyl groups is 1. The predicted molar refractivity (Wildman–Crippen MR) is 77.8 cm³/mol. The molecule has 1 aromatic rings. The number of likely N-dealkylation sites (tertiary alicyclic amines) is 1. The summed E-state index contributed by atoms with van der Waals surface area (Å²) in [6.07, 6.45) is 3.56. The number of hydrogen-bond acceptors (Lipinski definition) is 4. The van der Waals surface area contributed by atoms with Gasteiger partial charge in [0.25, 0.3) is 5.91 Å². The molecule has 5 heteroatoms. The topological polar surface area (TPSA) is 75.8 Å². The van der Waals surface area contributed by atoms with Crippen LogP contribution in [0, 0.1) is 0 Å². The third kappa shape index (κ3) is 3.04. The summed E-state index contributed by atoms with van der Waals surface area (Å²) in [6, 6.07) is 5.35. The highest BCUT2D eigenvalue weighted by atomic mass is 16.5. The molecule has 0 aliphatic carbocycles. The molecule has 1 fully saturated rings. The van der Waals surface area contributed by atoms with Gasteiger partial charge >= 0.3 is 0 Å². The van der Waals surface area contributed by atoms with E-state index < -0.39 is 0 Å². The molecule has 20 heavy (non-hydrogen) atoms. The summed E-state index contributed by atoms with van der Waals surface area (Å²) in [7, 11) is 1.57. The van der Waals surface area contributed by atoms with Crippen LogP contribution in [0.15, 0.2) is 18.2 Å². The van der Waals surface area contributed by atoms with Crippen LogP contribution in [0.5, 0.6) is 5.75 Å². The minimum Gasteiger partial charge on any atom is -0.497 e. The first-order valence-corrected chi connectivity index (χ1v) is 7.02. The van der Waals surface area contributed by atoms with Gasteiger partial charge in [-0.25, -0.2) is 0 Å². The van der Waals surface area contributed by atoms with Gasteiger partial charge < -0.3 is 20.5 Å². The van der Waals surface area contributed by atoms with Gasteiger partial charge in [0.2, 0.25) is 0 Å². The smallest absolute Gasteiger partial charge is 0.256 e. The molecule has 0 spiro atoms. The highest BCUT2D eigenvalue weighted by Gasteiger charge is 2.29. The van der Waals surface area contributed by atoms with Crippen molar-refractivity contribution < 1.29 is 14.6 Å². The van der Waals surface area contributed by atoms with E-state index in [4.69, 9.17) is 15.6 Å². The third-order valence-electron chi connectivity index (χ3n) is 3.82. The Balaban J connectivity index is 2.17. The van der Waals surface area contributed by atoms with Gasteiger partial charge in [0.05, 0.1) is 12.7 Å². The molecular formula is C15H22N2O3. The number of nitrogens with two attached hydrogens (primary N) is 1. The maximum atomic E-state index is 12.6. The Morgan fingerprint density at radius 3 is 3.05 bits per heavy atom. The number of methoxy groups -OCH3 is 1. The maximum absolute atomic E-state index is 12.6. The lowest BCUT2D eigenvalue weighted by atomic mass is 10.1. The largest absolute Gasteiger partial charge is 0.497 e. The van der Waals surface area contributed by atoms with Crippen molar-refractivity contribution in [3.63, 3.8) is 0 Å². The molecule has 0 saturated carbocycles. The Morgan fingerprint density at radius 2 is 2.35 bits per heavy atom. The summed E-state index contributed by atoms with van der Waals surface area (Å²) >= 11 is 0. The second-order valence-electron chi connectivity index (χ2n) is 5.11. The number of ether oxygens (including phenoxy) is 1. The lowest BCUT2D eigenvalue weighted by Crippen LogP contribution is -2.36. The fourth-order valence-electron chi connectivity index (χ4n) is 2.73. The molecule has 1 aliphatic rings. The molecule has 110 valence electrons. The second-order valence-corrected chi connectivity index (χ2v) is 5.11. The number of carbonyl (C=O) groups is 1. The van der Waals surface area contributed by atoms with Crippen LogP contribution in [0.4, 0.5) is 5.69 Å². The Kier molecular flexibility index (Phi) is 4.84. The Hall–Kier alpha value is -1.75. The zero-order valence-electron chi connectivity index (χ0n) is 11.8. The van der Waals surface area contributed by atoms with Crippen molar-refractivity contribution in [3.05, 3.63) is 23.8 Å². The predicted octanol–water partition coefficient (Wildman–Crippen LogP) is 1.65. The summed E-state index contributed by atoms with van der Waals surface area (Å²) in [5.74, 6) is 0.593. The normalized spacial score (nSPS) is 18.3. The summed E-state index contributed by atoms with van der Waals surface area (Å²) in [5, 5.41) is 8.94. The minimum atomic E-state index is -0.0400. The highest BCUT2D eigenvalue weighted by Crippen LogP contribution is 2.27. The minimum absolute atomic E-state index is 0.0400. The molecule has 3 N–H and O–H groups in total. The first-order valence-electron chi connectivity index (χ1n) is 7.02. The molecule has 1 aliphatic heterocycles. The van der Waals surface area contributed by atoms with E-state index in [0.29, 0.717) is 17.0 Å². The van der Waals surface area contributed by atoms with Gasteiger partial charge in [0, 0.05) is 24.9 Å². The van der Waals surface area contributed by atoms with Gasteiger partial charge in [-0.2, -0.15) is 0 Å². The van der Waals surface area contributed by atoms with Gasteiger partial charge in [-0.1, -0.05) is 0 Å². The lowest BCUT2D eigenvalue weighted by Gasteiger charge is -2.25. The molecule has 1 saturated heterocycles. The number of aliphatic hydroxyl groups excluding tert-OH is 1. The van der Waals surface area contributed by atoms with Crippen molar-refractivity contribution in [1.29, 1.82) is 0 Å². The number of carbonyl (C=O) groups excluding carboxylic acids is 1. The Morgan fingerprint density at radius 1 is 1.55 bits per heavy atom. The highest BCUT2D eigenvalue weighted by molar-refractivity contribution is 5.99. The van der Waals surface area contributed by atoms with Crippen LogP contribution in [0.25, 0.3) is 0 Å². The fraction of sp³-hybridized carbons (Fsp3) is 0.533. The fourth-order valence-corrected chi connectivity index (χ4v) is 2.73. The van der Waals surface area contributed by atoms with Gasteiger partial charge in [-0.05, 0) is 43.9 Å². The molecule has 2 rings (SSSR count). The van der Waals surface area contributed by atoms with E-state index in [1.807, 2.05) is 4.90 Å². The van der Waals surface area contributed by atoms with Crippen LogP contribution >= 0.6 is 0 Å². The van der Waals surface area contributed by atoms with Crippen molar-refractivity contribution in [2.45, 2.75) is 31.7 Å². The van der Waals surface area contributed by atoms with Crippen LogP contribution in [-0.2, 0) is 0 Å². The Bertz CT molecular complexity index is 476. The first kappa shape index (κ1) is 14.7. The maximum Gasteiger partial charge on any atom is 0.256 e. The number of rotatable bonds is 5. The van der Waals surface area contributed by atoms with Crippen molar-refractivity contribution in [2.75, 3.05) is 26.0 Å². The zero-order valence-corrected chi connectivity index (χ0v) is 11.8. The van der Waals surface area contributed by atoms with Gasteiger partial charge in [0.15, 0.2) is 0 Å². The molecule has 1 atom stereocenters. The van der Waals surface area contributed by atoms with E-state index >= 15 is 0 Å². The van der Waals surface area contributed by atoms with Crippen molar-refractivity contribution in [1.82, 2.24) is 4.90 Å². The van der Waals surface area contributed by atoms with E-state index in [-0.39, 0.29) is 18.6 Å². The molecule has 0 radical (unpaired) electrons. The van der Waals surface area contributed by atoms with E-state index in [9.17, 15) is 4.79 Å². The van der Waals surface area contributed by atoms with Crippen LogP contribution in [0.3, 0.4) is 0 Å². The molecule has 5 nitrogen and oxygen atoms in total. The average Bonchev–Trinajstić information content (AvgIpc) is 2.93. The van der Waals surface area contributed by atoms with E-state index in [1.54, 1.807) is 25.3 Å². The quantitative estimate of drug-likeness (QED) is 0.803. The summed E-state index contributed by atoms with van der Waals surface area (Å²) in [4.78, 5) is 14.5. The molecule has 1 heterocycles. The average molecular weight is 278 g/mol. The van der Waals surface area contributed by atoms with Crippen LogP contribution in [0.2, 0.25) is 0 Å². The van der Waals surface area contributed by atoms with E-state index in [2.05, 4.69) is 0 Å². The monoisotopic (exact) mass is 278 g/mol. The number of amides is 1.